The van der Waals surface area contributed by atoms with Gasteiger partial charge in [-0.25, -0.2) is 4.98 Å². The Balaban J connectivity index is 2.20. The number of hydrogen-bond acceptors (Lipinski definition) is 4. The molecule has 2 rings (SSSR count). The van der Waals surface area contributed by atoms with Crippen molar-refractivity contribution in [2.45, 2.75) is 39.3 Å². The first kappa shape index (κ1) is 14.6. The number of aromatic nitrogens is 1. The number of pyridine rings is 1. The second-order valence-corrected chi connectivity index (χ2v) is 4.95. The van der Waals surface area contributed by atoms with Gasteiger partial charge in [0.2, 0.25) is 0 Å². The molecular weight excluding hydrogens is 250 g/mol. The van der Waals surface area contributed by atoms with E-state index in [4.69, 9.17) is 10.2 Å². The first-order valence-electron chi connectivity index (χ1n) is 7.21. The molecule has 0 radical (unpaired) electrons. The summed E-state index contributed by atoms with van der Waals surface area (Å²) in [5.41, 5.74) is 7.29. The zero-order valence-corrected chi connectivity index (χ0v) is 12.2. The molecule has 0 aliphatic heterocycles. The fourth-order valence-corrected chi connectivity index (χ4v) is 2.23. The fourth-order valence-electron chi connectivity index (χ4n) is 2.23. The fraction of sp³-hybridized carbons (Fsp3) is 0.438. The summed E-state index contributed by atoms with van der Waals surface area (Å²) in [4.78, 5) is 6.77. The van der Waals surface area contributed by atoms with Gasteiger partial charge in [0.05, 0.1) is 12.8 Å². The molecule has 0 saturated carbocycles. The summed E-state index contributed by atoms with van der Waals surface area (Å²) in [5.74, 6) is 1.96. The highest BCUT2D eigenvalue weighted by atomic mass is 16.3. The topological polar surface area (TPSA) is 55.3 Å². The lowest BCUT2D eigenvalue weighted by atomic mass is 10.1. The minimum absolute atomic E-state index is 0.181. The van der Waals surface area contributed by atoms with Gasteiger partial charge in [0.25, 0.3) is 0 Å². The highest BCUT2D eigenvalue weighted by molar-refractivity contribution is 5.47. The molecule has 0 spiro atoms. The minimum atomic E-state index is 0.181. The van der Waals surface area contributed by atoms with E-state index in [9.17, 15) is 0 Å². The van der Waals surface area contributed by atoms with Crippen LogP contribution in [0.2, 0.25) is 0 Å². The van der Waals surface area contributed by atoms with Crippen molar-refractivity contribution in [3.05, 3.63) is 48.0 Å². The highest BCUT2D eigenvalue weighted by Gasteiger charge is 2.14. The molecular formula is C16H23N3O. The lowest BCUT2D eigenvalue weighted by Crippen LogP contribution is -2.27. The summed E-state index contributed by atoms with van der Waals surface area (Å²) in [6.45, 7) is 5.85. The number of hydrogen-bond donors (Lipinski definition) is 1. The quantitative estimate of drug-likeness (QED) is 0.842. The minimum Gasteiger partial charge on any atom is -0.467 e. The standard InChI is InChI=1S/C16H23N3O/c1-3-14(17)11-13-7-5-9-18-16(13)19(4-2)12-15-8-6-10-20-15/h5-10,14H,3-4,11-12,17H2,1-2H3. The number of anilines is 1. The van der Waals surface area contributed by atoms with Gasteiger partial charge in [0.15, 0.2) is 0 Å². The molecule has 1 atom stereocenters. The van der Waals surface area contributed by atoms with Crippen LogP contribution in [0.5, 0.6) is 0 Å². The molecule has 0 fully saturated rings. The third-order valence-electron chi connectivity index (χ3n) is 3.48. The van der Waals surface area contributed by atoms with E-state index in [0.717, 1.165) is 37.5 Å². The van der Waals surface area contributed by atoms with Gasteiger partial charge in [-0.2, -0.15) is 0 Å². The molecule has 4 nitrogen and oxygen atoms in total. The van der Waals surface area contributed by atoms with Gasteiger partial charge in [-0.15, -0.1) is 0 Å². The molecule has 4 heteroatoms. The molecule has 108 valence electrons. The number of nitrogens with zero attached hydrogens (tertiary/aromatic N) is 2. The molecule has 0 saturated heterocycles. The van der Waals surface area contributed by atoms with E-state index in [-0.39, 0.29) is 6.04 Å². The summed E-state index contributed by atoms with van der Waals surface area (Å²) in [5, 5.41) is 0. The molecule has 2 N–H and O–H groups in total. The molecule has 0 bridgehead atoms. The molecule has 0 amide bonds. The van der Waals surface area contributed by atoms with E-state index < -0.39 is 0 Å². The van der Waals surface area contributed by atoms with Crippen LogP contribution in [-0.2, 0) is 13.0 Å². The van der Waals surface area contributed by atoms with Crippen LogP contribution < -0.4 is 10.6 Å². The number of furan rings is 1. The van der Waals surface area contributed by atoms with Crippen LogP contribution in [0, 0.1) is 0 Å². The molecule has 2 aromatic rings. The van der Waals surface area contributed by atoms with E-state index in [1.54, 1.807) is 6.26 Å². The molecule has 0 aliphatic carbocycles. The van der Waals surface area contributed by atoms with Crippen molar-refractivity contribution < 1.29 is 4.42 Å². The maximum absolute atomic E-state index is 6.09. The SMILES string of the molecule is CCC(N)Cc1cccnc1N(CC)Cc1ccco1. The second-order valence-electron chi connectivity index (χ2n) is 4.95. The van der Waals surface area contributed by atoms with Crippen LogP contribution in [0.3, 0.4) is 0 Å². The van der Waals surface area contributed by atoms with Crippen molar-refractivity contribution in [3.8, 4) is 0 Å². The second kappa shape index (κ2) is 7.10. The van der Waals surface area contributed by atoms with Gasteiger partial charge in [0.1, 0.15) is 11.6 Å². The smallest absolute Gasteiger partial charge is 0.132 e. The van der Waals surface area contributed by atoms with E-state index >= 15 is 0 Å². The van der Waals surface area contributed by atoms with Gasteiger partial charge >= 0.3 is 0 Å². The van der Waals surface area contributed by atoms with Gasteiger partial charge in [-0.3, -0.25) is 0 Å². The lowest BCUT2D eigenvalue weighted by Gasteiger charge is -2.24. The van der Waals surface area contributed by atoms with Crippen molar-refractivity contribution in [1.29, 1.82) is 0 Å². The highest BCUT2D eigenvalue weighted by Crippen LogP contribution is 2.21. The molecule has 2 aromatic heterocycles. The van der Waals surface area contributed by atoms with Crippen LogP contribution in [0.25, 0.3) is 0 Å². The molecule has 20 heavy (non-hydrogen) atoms. The Hall–Kier alpha value is -1.81. The molecule has 1 unspecified atom stereocenters. The van der Waals surface area contributed by atoms with Crippen molar-refractivity contribution >= 4 is 5.82 Å². The third kappa shape index (κ3) is 3.61. The Morgan fingerprint density at radius 3 is 2.80 bits per heavy atom. The molecule has 0 aromatic carbocycles. The Labute approximate surface area is 120 Å². The van der Waals surface area contributed by atoms with E-state index in [1.807, 2.05) is 24.4 Å². The Kier molecular flexibility index (Phi) is 5.18. The van der Waals surface area contributed by atoms with Crippen LogP contribution in [0.15, 0.2) is 41.1 Å². The van der Waals surface area contributed by atoms with E-state index in [2.05, 4.69) is 29.8 Å². The van der Waals surface area contributed by atoms with Crippen molar-refractivity contribution in [3.63, 3.8) is 0 Å². The van der Waals surface area contributed by atoms with Gasteiger partial charge < -0.3 is 15.1 Å². The first-order valence-corrected chi connectivity index (χ1v) is 7.21. The summed E-state index contributed by atoms with van der Waals surface area (Å²) < 4.78 is 5.44. The van der Waals surface area contributed by atoms with Gasteiger partial charge in [-0.05, 0) is 43.5 Å². The van der Waals surface area contributed by atoms with Crippen LogP contribution in [-0.4, -0.2) is 17.6 Å². The van der Waals surface area contributed by atoms with Crippen LogP contribution in [0.1, 0.15) is 31.6 Å². The predicted molar refractivity (Wildman–Crippen MR) is 81.6 cm³/mol. The average molecular weight is 273 g/mol. The zero-order valence-electron chi connectivity index (χ0n) is 12.2. The summed E-state index contributed by atoms with van der Waals surface area (Å²) in [7, 11) is 0. The third-order valence-corrected chi connectivity index (χ3v) is 3.48. The molecule has 2 heterocycles. The maximum atomic E-state index is 6.09. The van der Waals surface area contributed by atoms with E-state index in [0.29, 0.717) is 0 Å². The first-order chi connectivity index (χ1) is 9.74. The Morgan fingerprint density at radius 1 is 1.30 bits per heavy atom. The van der Waals surface area contributed by atoms with Crippen LogP contribution in [0.4, 0.5) is 5.82 Å². The van der Waals surface area contributed by atoms with E-state index in [1.165, 1.54) is 5.56 Å². The van der Waals surface area contributed by atoms with Gasteiger partial charge in [-0.1, -0.05) is 13.0 Å². The van der Waals surface area contributed by atoms with Crippen LogP contribution >= 0.6 is 0 Å². The summed E-state index contributed by atoms with van der Waals surface area (Å²) >= 11 is 0. The summed E-state index contributed by atoms with van der Waals surface area (Å²) in [6, 6.07) is 8.17. The molecule has 0 aliphatic rings. The van der Waals surface area contributed by atoms with Crippen molar-refractivity contribution in [1.82, 2.24) is 4.98 Å². The van der Waals surface area contributed by atoms with Gasteiger partial charge in [0, 0.05) is 18.8 Å². The van der Waals surface area contributed by atoms with Crippen molar-refractivity contribution in [2.24, 2.45) is 5.73 Å². The largest absolute Gasteiger partial charge is 0.467 e. The normalized spacial score (nSPS) is 12.3. The summed E-state index contributed by atoms with van der Waals surface area (Å²) in [6.07, 6.45) is 5.36. The predicted octanol–water partition coefficient (Wildman–Crippen LogP) is 2.98. The average Bonchev–Trinajstić information content (AvgIpc) is 2.98. The van der Waals surface area contributed by atoms with Crippen molar-refractivity contribution in [2.75, 3.05) is 11.4 Å². The number of rotatable bonds is 7. The zero-order chi connectivity index (χ0) is 14.4. The lowest BCUT2D eigenvalue weighted by molar-refractivity contribution is 0.502. The Bertz CT molecular complexity index is 510. The monoisotopic (exact) mass is 273 g/mol. The Morgan fingerprint density at radius 2 is 2.15 bits per heavy atom. The number of nitrogens with two attached hydrogens (primary N) is 1. The maximum Gasteiger partial charge on any atom is 0.132 e.